The van der Waals surface area contributed by atoms with E-state index in [1.807, 2.05) is 12.1 Å². The quantitative estimate of drug-likeness (QED) is 0.290. The van der Waals surface area contributed by atoms with Crippen molar-refractivity contribution >= 4 is 46.3 Å². The lowest BCUT2D eigenvalue weighted by molar-refractivity contribution is 0.687. The fourth-order valence-electron chi connectivity index (χ4n) is 2.95. The highest BCUT2D eigenvalue weighted by atomic mass is 35.5. The summed E-state index contributed by atoms with van der Waals surface area (Å²) in [5.41, 5.74) is 4.33. The van der Waals surface area contributed by atoms with Crippen LogP contribution in [0.15, 0.2) is 53.0 Å². The van der Waals surface area contributed by atoms with Crippen molar-refractivity contribution in [2.45, 2.75) is 31.3 Å². The predicted octanol–water partition coefficient (Wildman–Crippen LogP) is 7.00. The summed E-state index contributed by atoms with van der Waals surface area (Å²) < 4.78 is 2.08. The van der Waals surface area contributed by atoms with Crippen molar-refractivity contribution in [1.29, 1.82) is 0 Å². The van der Waals surface area contributed by atoms with E-state index < -0.39 is 0 Å². The van der Waals surface area contributed by atoms with Crippen molar-refractivity contribution in [3.63, 3.8) is 0 Å². The SMILES string of the molecule is CCn1c(SCc2csc(-c3cccc(C)c3)n2)nnc1-c1ccc(Cl)c(Cl)c1. The summed E-state index contributed by atoms with van der Waals surface area (Å²) in [7, 11) is 0. The zero-order valence-corrected chi connectivity index (χ0v) is 19.0. The van der Waals surface area contributed by atoms with Gasteiger partial charge in [-0.3, -0.25) is 0 Å². The number of thioether (sulfide) groups is 1. The fraction of sp³-hybridized carbons (Fsp3) is 0.190. The zero-order valence-electron chi connectivity index (χ0n) is 15.9. The van der Waals surface area contributed by atoms with Gasteiger partial charge in [-0.25, -0.2) is 4.98 Å². The molecule has 148 valence electrons. The largest absolute Gasteiger partial charge is 0.302 e. The van der Waals surface area contributed by atoms with Crippen molar-refractivity contribution in [2.75, 3.05) is 0 Å². The normalized spacial score (nSPS) is 11.2. The Morgan fingerprint density at radius 3 is 2.66 bits per heavy atom. The van der Waals surface area contributed by atoms with E-state index in [-0.39, 0.29) is 0 Å². The molecular weight excluding hydrogens is 443 g/mol. The van der Waals surface area contributed by atoms with Crippen LogP contribution in [0.4, 0.5) is 0 Å². The first kappa shape index (κ1) is 20.4. The molecule has 4 rings (SSSR count). The molecule has 0 aliphatic heterocycles. The monoisotopic (exact) mass is 460 g/mol. The Morgan fingerprint density at radius 2 is 1.90 bits per heavy atom. The maximum absolute atomic E-state index is 6.17. The second kappa shape index (κ2) is 8.88. The standard InChI is InChI=1S/C21H18Cl2N4S2/c1-3-27-19(14-7-8-17(22)18(23)10-14)25-26-21(27)29-12-16-11-28-20(24-16)15-6-4-5-13(2)9-15/h4-11H,3,12H2,1-2H3. The first-order chi connectivity index (χ1) is 14.0. The number of aromatic nitrogens is 4. The lowest BCUT2D eigenvalue weighted by atomic mass is 10.1. The lowest BCUT2D eigenvalue weighted by Crippen LogP contribution is -2.00. The second-order valence-electron chi connectivity index (χ2n) is 6.48. The maximum atomic E-state index is 6.17. The van der Waals surface area contributed by atoms with Crippen molar-refractivity contribution in [1.82, 2.24) is 19.7 Å². The molecule has 2 aromatic carbocycles. The molecule has 0 spiro atoms. The van der Waals surface area contributed by atoms with Gasteiger partial charge in [0.15, 0.2) is 11.0 Å². The van der Waals surface area contributed by atoms with Crippen LogP contribution >= 0.6 is 46.3 Å². The molecule has 0 bridgehead atoms. The third-order valence-corrected chi connectivity index (χ3v) is 7.06. The Bertz CT molecular complexity index is 1150. The number of aryl methyl sites for hydroxylation is 1. The molecule has 0 unspecified atom stereocenters. The van der Waals surface area contributed by atoms with Gasteiger partial charge in [0.25, 0.3) is 0 Å². The number of nitrogens with zero attached hydrogens (tertiary/aromatic N) is 4. The molecule has 8 heteroatoms. The van der Waals surface area contributed by atoms with Gasteiger partial charge in [-0.2, -0.15) is 0 Å². The first-order valence-corrected chi connectivity index (χ1v) is 11.7. The zero-order chi connectivity index (χ0) is 20.4. The van der Waals surface area contributed by atoms with Gasteiger partial charge in [0.2, 0.25) is 0 Å². The Labute approximate surface area is 187 Å². The molecule has 0 saturated carbocycles. The van der Waals surface area contributed by atoms with Crippen LogP contribution in [-0.4, -0.2) is 19.7 Å². The number of halogens is 2. The lowest BCUT2D eigenvalue weighted by Gasteiger charge is -2.07. The van der Waals surface area contributed by atoms with Gasteiger partial charge < -0.3 is 4.57 Å². The molecule has 0 aliphatic rings. The highest BCUT2D eigenvalue weighted by Gasteiger charge is 2.15. The third kappa shape index (κ3) is 4.51. The highest BCUT2D eigenvalue weighted by molar-refractivity contribution is 7.98. The maximum Gasteiger partial charge on any atom is 0.191 e. The molecule has 4 nitrogen and oxygen atoms in total. The van der Waals surface area contributed by atoms with E-state index in [1.54, 1.807) is 29.2 Å². The summed E-state index contributed by atoms with van der Waals surface area (Å²) in [6, 6.07) is 13.9. The summed E-state index contributed by atoms with van der Waals surface area (Å²) in [5, 5.41) is 13.8. The summed E-state index contributed by atoms with van der Waals surface area (Å²) >= 11 is 15.5. The van der Waals surface area contributed by atoms with Gasteiger partial charge in [0, 0.05) is 28.8 Å². The van der Waals surface area contributed by atoms with Crippen molar-refractivity contribution in [3.05, 3.63) is 69.1 Å². The van der Waals surface area contributed by atoms with Crippen LogP contribution in [-0.2, 0) is 12.3 Å². The van der Waals surface area contributed by atoms with Gasteiger partial charge in [-0.15, -0.1) is 21.5 Å². The third-order valence-electron chi connectivity index (χ3n) is 4.38. The van der Waals surface area contributed by atoms with Gasteiger partial charge in [-0.1, -0.05) is 58.7 Å². The fourth-order valence-corrected chi connectivity index (χ4v) is 5.07. The van der Waals surface area contributed by atoms with Crippen LogP contribution in [0.25, 0.3) is 22.0 Å². The molecule has 0 fully saturated rings. The van der Waals surface area contributed by atoms with Crippen molar-refractivity contribution < 1.29 is 0 Å². The van der Waals surface area contributed by atoms with E-state index >= 15 is 0 Å². The van der Waals surface area contributed by atoms with E-state index in [0.29, 0.717) is 10.0 Å². The Kier molecular flexibility index (Phi) is 6.25. The first-order valence-electron chi connectivity index (χ1n) is 9.08. The Balaban J connectivity index is 1.52. The summed E-state index contributed by atoms with van der Waals surface area (Å²) in [5.74, 6) is 1.52. The second-order valence-corrected chi connectivity index (χ2v) is 9.10. The molecule has 0 atom stereocenters. The summed E-state index contributed by atoms with van der Waals surface area (Å²) in [6.45, 7) is 4.93. The van der Waals surface area contributed by atoms with Gasteiger partial charge in [0.05, 0.1) is 15.7 Å². The molecule has 29 heavy (non-hydrogen) atoms. The smallest absolute Gasteiger partial charge is 0.191 e. The van der Waals surface area contributed by atoms with Crippen LogP contribution in [0.3, 0.4) is 0 Å². The molecular formula is C21H18Cl2N4S2. The Morgan fingerprint density at radius 1 is 1.03 bits per heavy atom. The van der Waals surface area contributed by atoms with Crippen LogP contribution in [0.2, 0.25) is 10.0 Å². The molecule has 0 N–H and O–H groups in total. The molecule has 0 radical (unpaired) electrons. The van der Waals surface area contributed by atoms with E-state index in [9.17, 15) is 0 Å². The van der Waals surface area contributed by atoms with E-state index in [0.717, 1.165) is 45.1 Å². The van der Waals surface area contributed by atoms with E-state index in [4.69, 9.17) is 28.2 Å². The number of benzene rings is 2. The molecule has 2 heterocycles. The summed E-state index contributed by atoms with van der Waals surface area (Å²) in [6.07, 6.45) is 0. The minimum absolute atomic E-state index is 0.509. The van der Waals surface area contributed by atoms with Gasteiger partial charge >= 0.3 is 0 Å². The highest BCUT2D eigenvalue weighted by Crippen LogP contribution is 2.31. The molecule has 0 aliphatic carbocycles. The van der Waals surface area contributed by atoms with Crippen LogP contribution in [0, 0.1) is 6.92 Å². The van der Waals surface area contributed by atoms with Crippen LogP contribution in [0.1, 0.15) is 18.2 Å². The molecule has 0 amide bonds. The van der Waals surface area contributed by atoms with E-state index in [1.165, 1.54) is 5.56 Å². The topological polar surface area (TPSA) is 43.6 Å². The minimum atomic E-state index is 0.509. The number of hydrogen-bond acceptors (Lipinski definition) is 5. The molecule has 2 aromatic heterocycles. The van der Waals surface area contributed by atoms with Gasteiger partial charge in [0.1, 0.15) is 5.01 Å². The number of rotatable bonds is 6. The van der Waals surface area contributed by atoms with Crippen molar-refractivity contribution in [3.8, 4) is 22.0 Å². The van der Waals surface area contributed by atoms with Crippen LogP contribution < -0.4 is 0 Å². The number of hydrogen-bond donors (Lipinski definition) is 0. The van der Waals surface area contributed by atoms with Gasteiger partial charge in [-0.05, 0) is 38.1 Å². The predicted molar refractivity (Wildman–Crippen MR) is 123 cm³/mol. The van der Waals surface area contributed by atoms with E-state index in [2.05, 4.69) is 58.3 Å². The average molecular weight is 461 g/mol. The summed E-state index contributed by atoms with van der Waals surface area (Å²) in [4.78, 5) is 4.79. The van der Waals surface area contributed by atoms with Crippen molar-refractivity contribution in [2.24, 2.45) is 0 Å². The Hall–Kier alpha value is -1.86. The minimum Gasteiger partial charge on any atom is -0.302 e. The average Bonchev–Trinajstić information content (AvgIpc) is 3.35. The molecule has 4 aromatic rings. The van der Waals surface area contributed by atoms with Crippen LogP contribution in [0.5, 0.6) is 0 Å². The number of thiazole rings is 1. The molecule has 0 saturated heterocycles.